The standard InChI is InChI=1S/C11H13FN2O2S/c1-4-5-14(3)17(15,16)11-7-9(13)6-10(12)8(11)2/h1,6-7H,5,13H2,2-3H3. The molecule has 0 aromatic heterocycles. The quantitative estimate of drug-likeness (QED) is 0.647. The summed E-state index contributed by atoms with van der Waals surface area (Å²) in [5.41, 5.74) is 5.52. The molecule has 0 aliphatic heterocycles. The van der Waals surface area contributed by atoms with E-state index in [0.29, 0.717) is 0 Å². The lowest BCUT2D eigenvalue weighted by Gasteiger charge is -2.16. The Kier molecular flexibility index (Phi) is 3.76. The minimum Gasteiger partial charge on any atom is -0.399 e. The summed E-state index contributed by atoms with van der Waals surface area (Å²) in [7, 11) is -2.48. The summed E-state index contributed by atoms with van der Waals surface area (Å²) in [6, 6.07) is 2.30. The molecule has 0 saturated heterocycles. The number of halogens is 1. The molecule has 6 heteroatoms. The Bertz CT molecular complexity index is 576. The number of nitrogen functional groups attached to an aromatic ring is 1. The molecule has 1 aromatic carbocycles. The van der Waals surface area contributed by atoms with Crippen molar-refractivity contribution in [2.45, 2.75) is 11.8 Å². The lowest BCUT2D eigenvalue weighted by Crippen LogP contribution is -2.28. The summed E-state index contributed by atoms with van der Waals surface area (Å²) in [5, 5.41) is 0. The molecular weight excluding hydrogens is 243 g/mol. The Balaban J connectivity index is 3.40. The highest BCUT2D eigenvalue weighted by Gasteiger charge is 2.24. The second-order valence-corrected chi connectivity index (χ2v) is 5.60. The van der Waals surface area contributed by atoms with E-state index < -0.39 is 15.8 Å². The van der Waals surface area contributed by atoms with Crippen molar-refractivity contribution < 1.29 is 12.8 Å². The Morgan fingerprint density at radius 1 is 1.53 bits per heavy atom. The maximum atomic E-state index is 13.4. The molecule has 17 heavy (non-hydrogen) atoms. The Morgan fingerprint density at radius 3 is 2.65 bits per heavy atom. The fourth-order valence-corrected chi connectivity index (χ4v) is 2.67. The molecule has 1 rings (SSSR count). The smallest absolute Gasteiger partial charge is 0.244 e. The summed E-state index contributed by atoms with van der Waals surface area (Å²) >= 11 is 0. The number of rotatable bonds is 3. The average molecular weight is 256 g/mol. The van der Waals surface area contributed by atoms with Gasteiger partial charge in [0.25, 0.3) is 0 Å². The fraction of sp³-hybridized carbons (Fsp3) is 0.273. The van der Waals surface area contributed by atoms with Gasteiger partial charge in [0, 0.05) is 18.3 Å². The number of hydrogen-bond donors (Lipinski definition) is 1. The largest absolute Gasteiger partial charge is 0.399 e. The molecule has 0 heterocycles. The first-order valence-electron chi connectivity index (χ1n) is 4.76. The van der Waals surface area contributed by atoms with Crippen LogP contribution in [0.1, 0.15) is 5.56 Å². The molecular formula is C11H13FN2O2S. The predicted octanol–water partition coefficient (Wildman–Crippen LogP) is 0.970. The summed E-state index contributed by atoms with van der Waals surface area (Å²) in [4.78, 5) is -0.159. The summed E-state index contributed by atoms with van der Waals surface area (Å²) < 4.78 is 38.5. The van der Waals surface area contributed by atoms with Gasteiger partial charge in [0.2, 0.25) is 10.0 Å². The third kappa shape index (κ3) is 2.57. The highest BCUT2D eigenvalue weighted by molar-refractivity contribution is 7.89. The molecule has 0 radical (unpaired) electrons. The van der Waals surface area contributed by atoms with Gasteiger partial charge in [-0.1, -0.05) is 5.92 Å². The zero-order valence-corrected chi connectivity index (χ0v) is 10.4. The first-order chi connectivity index (χ1) is 7.80. The lowest BCUT2D eigenvalue weighted by molar-refractivity contribution is 0.500. The van der Waals surface area contributed by atoms with Crippen molar-refractivity contribution in [2.24, 2.45) is 0 Å². The highest BCUT2D eigenvalue weighted by atomic mass is 32.2. The van der Waals surface area contributed by atoms with Gasteiger partial charge in [0.1, 0.15) is 5.82 Å². The van der Waals surface area contributed by atoms with Crippen molar-refractivity contribution in [2.75, 3.05) is 19.3 Å². The van der Waals surface area contributed by atoms with Gasteiger partial charge in [0.05, 0.1) is 11.4 Å². The first kappa shape index (κ1) is 13.5. The topological polar surface area (TPSA) is 63.4 Å². The van der Waals surface area contributed by atoms with Crippen molar-refractivity contribution in [1.82, 2.24) is 4.31 Å². The number of nitrogens with two attached hydrogens (primary N) is 1. The van der Waals surface area contributed by atoms with Crippen molar-refractivity contribution in [3.05, 3.63) is 23.5 Å². The van der Waals surface area contributed by atoms with Crippen molar-refractivity contribution >= 4 is 15.7 Å². The zero-order valence-electron chi connectivity index (χ0n) is 9.57. The molecule has 1 aromatic rings. The molecule has 0 amide bonds. The van der Waals surface area contributed by atoms with Crippen molar-refractivity contribution in [3.8, 4) is 12.3 Å². The SMILES string of the molecule is C#CCN(C)S(=O)(=O)c1cc(N)cc(F)c1C. The van der Waals surface area contributed by atoms with Gasteiger partial charge >= 0.3 is 0 Å². The summed E-state index contributed by atoms with van der Waals surface area (Å²) in [6.07, 6.45) is 5.05. The summed E-state index contributed by atoms with van der Waals surface area (Å²) in [6.45, 7) is 1.30. The van der Waals surface area contributed by atoms with Gasteiger partial charge in [-0.15, -0.1) is 6.42 Å². The number of anilines is 1. The van der Waals surface area contributed by atoms with E-state index in [-0.39, 0.29) is 22.7 Å². The van der Waals surface area contributed by atoms with Crippen LogP contribution in [0.4, 0.5) is 10.1 Å². The van der Waals surface area contributed by atoms with Crippen LogP contribution >= 0.6 is 0 Å². The van der Waals surface area contributed by atoms with Crippen LogP contribution in [0.5, 0.6) is 0 Å². The van der Waals surface area contributed by atoms with E-state index in [4.69, 9.17) is 12.2 Å². The Hall–Kier alpha value is -1.58. The van der Waals surface area contributed by atoms with Crippen molar-refractivity contribution in [3.63, 3.8) is 0 Å². The van der Waals surface area contributed by atoms with E-state index in [1.807, 2.05) is 0 Å². The van der Waals surface area contributed by atoms with Crippen molar-refractivity contribution in [1.29, 1.82) is 0 Å². The maximum absolute atomic E-state index is 13.4. The van der Waals surface area contributed by atoms with E-state index in [2.05, 4.69) is 5.92 Å². The Morgan fingerprint density at radius 2 is 2.12 bits per heavy atom. The molecule has 0 fully saturated rings. The van der Waals surface area contributed by atoms with Crippen LogP contribution in [-0.4, -0.2) is 26.3 Å². The number of hydrogen-bond acceptors (Lipinski definition) is 3. The van der Waals surface area contributed by atoms with Crippen LogP contribution in [0, 0.1) is 25.1 Å². The predicted molar refractivity (Wildman–Crippen MR) is 64.2 cm³/mol. The summed E-state index contributed by atoms with van der Waals surface area (Å²) in [5.74, 6) is 1.56. The maximum Gasteiger partial charge on any atom is 0.244 e. The lowest BCUT2D eigenvalue weighted by atomic mass is 10.2. The molecule has 0 aliphatic rings. The van der Waals surface area contributed by atoms with Gasteiger partial charge < -0.3 is 5.73 Å². The molecule has 0 saturated carbocycles. The monoisotopic (exact) mass is 256 g/mol. The number of nitrogens with zero attached hydrogens (tertiary/aromatic N) is 1. The molecule has 92 valence electrons. The normalized spacial score (nSPS) is 11.5. The van der Waals surface area contributed by atoms with Gasteiger partial charge in [-0.25, -0.2) is 12.8 Å². The third-order valence-corrected chi connectivity index (χ3v) is 4.25. The Labute approximate surface area is 100 Å². The zero-order chi connectivity index (χ0) is 13.2. The van der Waals surface area contributed by atoms with Gasteiger partial charge in [-0.05, 0) is 19.1 Å². The van der Waals surface area contributed by atoms with Gasteiger partial charge in [-0.2, -0.15) is 4.31 Å². The van der Waals surface area contributed by atoms with Gasteiger partial charge in [-0.3, -0.25) is 0 Å². The fourth-order valence-electron chi connectivity index (χ4n) is 1.32. The molecule has 0 atom stereocenters. The minimum atomic E-state index is -3.81. The van der Waals surface area contributed by atoms with E-state index >= 15 is 0 Å². The molecule has 0 aliphatic carbocycles. The van der Waals surface area contributed by atoms with Crippen LogP contribution in [0.2, 0.25) is 0 Å². The first-order valence-corrected chi connectivity index (χ1v) is 6.20. The van der Waals surface area contributed by atoms with Gasteiger partial charge in [0.15, 0.2) is 0 Å². The molecule has 2 N–H and O–H groups in total. The van der Waals surface area contributed by atoms with Crippen LogP contribution in [-0.2, 0) is 10.0 Å². The molecule has 4 nitrogen and oxygen atoms in total. The van der Waals surface area contributed by atoms with Crippen LogP contribution in [0.25, 0.3) is 0 Å². The van der Waals surface area contributed by atoms with Crippen LogP contribution in [0.3, 0.4) is 0 Å². The molecule has 0 bridgehead atoms. The average Bonchev–Trinajstić information content (AvgIpc) is 2.23. The molecule has 0 unspecified atom stereocenters. The number of terminal acetylenes is 1. The van der Waals surface area contributed by atoms with E-state index in [1.54, 1.807) is 0 Å². The van der Waals surface area contributed by atoms with E-state index in [1.165, 1.54) is 20.0 Å². The highest BCUT2D eigenvalue weighted by Crippen LogP contribution is 2.24. The number of sulfonamides is 1. The minimum absolute atomic E-state index is 0.0306. The molecule has 0 spiro atoms. The van der Waals surface area contributed by atoms with Crippen LogP contribution in [0.15, 0.2) is 17.0 Å². The van der Waals surface area contributed by atoms with E-state index in [0.717, 1.165) is 10.4 Å². The second-order valence-electron chi connectivity index (χ2n) is 3.59. The number of benzene rings is 1. The van der Waals surface area contributed by atoms with E-state index in [9.17, 15) is 12.8 Å². The van der Waals surface area contributed by atoms with Crippen LogP contribution < -0.4 is 5.73 Å². The second kappa shape index (κ2) is 4.73. The third-order valence-electron chi connectivity index (χ3n) is 2.32.